The third-order valence-electron chi connectivity index (χ3n) is 4.50. The zero-order chi connectivity index (χ0) is 14.8. The molecule has 110 valence electrons. The van der Waals surface area contributed by atoms with Crippen molar-refractivity contribution in [2.45, 2.75) is 37.8 Å². The van der Waals surface area contributed by atoms with Crippen LogP contribution in [0, 0.1) is 21.4 Å². The molecule has 21 heavy (non-hydrogen) atoms. The first-order valence-corrected chi connectivity index (χ1v) is 7.36. The van der Waals surface area contributed by atoms with Gasteiger partial charge in [0.05, 0.1) is 16.6 Å². The molecular weight excluding hydrogens is 268 g/mol. The fourth-order valence-electron chi connectivity index (χ4n) is 3.46. The molecule has 6 nitrogen and oxygen atoms in total. The highest BCUT2D eigenvalue weighted by Crippen LogP contribution is 2.31. The Morgan fingerprint density at radius 3 is 3.00 bits per heavy atom. The number of rotatable bonds is 3. The maximum absolute atomic E-state index is 11.1. The molecular formula is C15H18N4O2. The number of nitro benzene ring substituents is 1. The van der Waals surface area contributed by atoms with Crippen LogP contribution in [0.2, 0.25) is 0 Å². The van der Waals surface area contributed by atoms with E-state index >= 15 is 0 Å². The topological polar surface area (TPSA) is 82.2 Å². The lowest BCUT2D eigenvalue weighted by atomic mass is 9.97. The van der Waals surface area contributed by atoms with Gasteiger partial charge in [0.2, 0.25) is 0 Å². The van der Waals surface area contributed by atoms with Crippen LogP contribution in [-0.2, 0) is 0 Å². The van der Waals surface area contributed by atoms with Gasteiger partial charge in [0.1, 0.15) is 5.69 Å². The number of nitriles is 1. The molecule has 1 N–H and O–H groups in total. The van der Waals surface area contributed by atoms with Crippen molar-refractivity contribution in [2.75, 3.05) is 18.4 Å². The number of benzene rings is 1. The van der Waals surface area contributed by atoms with E-state index in [1.807, 2.05) is 6.07 Å². The van der Waals surface area contributed by atoms with E-state index in [1.165, 1.54) is 31.5 Å². The molecule has 2 atom stereocenters. The van der Waals surface area contributed by atoms with Crippen LogP contribution in [0.5, 0.6) is 0 Å². The molecule has 0 saturated carbocycles. The van der Waals surface area contributed by atoms with Crippen LogP contribution in [0.15, 0.2) is 18.2 Å². The lowest BCUT2D eigenvalue weighted by Gasteiger charge is -2.35. The van der Waals surface area contributed by atoms with Crippen LogP contribution in [0.4, 0.5) is 11.4 Å². The van der Waals surface area contributed by atoms with Gasteiger partial charge in [-0.3, -0.25) is 10.1 Å². The molecule has 0 amide bonds. The molecule has 1 aromatic carbocycles. The van der Waals surface area contributed by atoms with E-state index in [1.54, 1.807) is 6.07 Å². The third-order valence-corrected chi connectivity index (χ3v) is 4.50. The lowest BCUT2D eigenvalue weighted by molar-refractivity contribution is -0.384. The zero-order valence-electron chi connectivity index (χ0n) is 11.8. The number of hydrogen-bond donors (Lipinski definition) is 1. The van der Waals surface area contributed by atoms with Crippen molar-refractivity contribution in [3.05, 3.63) is 33.9 Å². The highest BCUT2D eigenvalue weighted by atomic mass is 16.6. The van der Waals surface area contributed by atoms with Gasteiger partial charge in [-0.25, -0.2) is 0 Å². The number of hydrogen-bond acceptors (Lipinski definition) is 5. The smallest absolute Gasteiger partial charge is 0.292 e. The summed E-state index contributed by atoms with van der Waals surface area (Å²) in [4.78, 5) is 13.2. The normalized spacial score (nSPS) is 25.1. The molecule has 2 fully saturated rings. The molecule has 0 aliphatic carbocycles. The fraction of sp³-hybridized carbons (Fsp3) is 0.533. The van der Waals surface area contributed by atoms with Crippen LogP contribution in [0.25, 0.3) is 0 Å². The average molecular weight is 286 g/mol. The minimum Gasteiger partial charge on any atom is -0.377 e. The van der Waals surface area contributed by atoms with Crippen molar-refractivity contribution >= 4 is 11.4 Å². The molecule has 0 radical (unpaired) electrons. The van der Waals surface area contributed by atoms with E-state index in [4.69, 9.17) is 5.26 Å². The quantitative estimate of drug-likeness (QED) is 0.682. The van der Waals surface area contributed by atoms with Crippen LogP contribution in [0.3, 0.4) is 0 Å². The Kier molecular flexibility index (Phi) is 3.76. The van der Waals surface area contributed by atoms with Crippen molar-refractivity contribution in [2.24, 2.45) is 0 Å². The predicted molar refractivity (Wildman–Crippen MR) is 79.1 cm³/mol. The summed E-state index contributed by atoms with van der Waals surface area (Å²) in [6.07, 6.45) is 4.48. The molecule has 6 heteroatoms. The van der Waals surface area contributed by atoms with Crippen molar-refractivity contribution in [3.8, 4) is 6.07 Å². The number of nitrogens with one attached hydrogen (secondary N) is 1. The van der Waals surface area contributed by atoms with Gasteiger partial charge in [-0.2, -0.15) is 5.26 Å². The standard InChI is InChI=1S/C15H18N4O2/c16-10-11-3-4-15(19(20)21)14(8-11)17-12-5-7-18-6-1-2-13(18)9-12/h3-4,8,12-13,17H,1-2,5-7,9H2. The maximum Gasteiger partial charge on any atom is 0.292 e. The van der Waals surface area contributed by atoms with E-state index in [-0.39, 0.29) is 11.7 Å². The minimum absolute atomic E-state index is 0.0443. The highest BCUT2D eigenvalue weighted by molar-refractivity contribution is 5.64. The second-order valence-electron chi connectivity index (χ2n) is 5.80. The Morgan fingerprint density at radius 2 is 2.24 bits per heavy atom. The minimum atomic E-state index is -0.395. The molecule has 1 aromatic rings. The Morgan fingerprint density at radius 1 is 1.38 bits per heavy atom. The highest BCUT2D eigenvalue weighted by Gasteiger charge is 2.32. The molecule has 0 spiro atoms. The van der Waals surface area contributed by atoms with Crippen LogP contribution in [0.1, 0.15) is 31.2 Å². The first-order chi connectivity index (χ1) is 10.2. The van der Waals surface area contributed by atoms with Crippen molar-refractivity contribution in [1.82, 2.24) is 4.90 Å². The number of nitrogens with zero attached hydrogens (tertiary/aromatic N) is 3. The molecule has 2 aliphatic rings. The molecule has 0 bridgehead atoms. The largest absolute Gasteiger partial charge is 0.377 e. The average Bonchev–Trinajstić information content (AvgIpc) is 2.94. The maximum atomic E-state index is 11.1. The summed E-state index contributed by atoms with van der Waals surface area (Å²) in [6.45, 7) is 2.23. The summed E-state index contributed by atoms with van der Waals surface area (Å²) < 4.78 is 0. The molecule has 2 heterocycles. The van der Waals surface area contributed by atoms with Crippen LogP contribution < -0.4 is 5.32 Å². The molecule has 2 aliphatic heterocycles. The summed E-state index contributed by atoms with van der Waals surface area (Å²) in [5.74, 6) is 0. The summed E-state index contributed by atoms with van der Waals surface area (Å²) in [7, 11) is 0. The van der Waals surface area contributed by atoms with Gasteiger partial charge in [-0.05, 0) is 44.4 Å². The second-order valence-corrected chi connectivity index (χ2v) is 5.80. The first kappa shape index (κ1) is 13.8. The Labute approximate surface area is 123 Å². The van der Waals surface area contributed by atoms with Gasteiger partial charge in [-0.15, -0.1) is 0 Å². The SMILES string of the molecule is N#Cc1ccc([N+](=O)[O-])c(NC2CCN3CCCC3C2)c1. The van der Waals surface area contributed by atoms with E-state index in [0.29, 0.717) is 17.3 Å². The van der Waals surface area contributed by atoms with E-state index < -0.39 is 4.92 Å². The Bertz CT molecular complexity index is 596. The predicted octanol–water partition coefficient (Wildman–Crippen LogP) is 2.51. The van der Waals surface area contributed by atoms with Crippen molar-refractivity contribution in [1.29, 1.82) is 5.26 Å². The second kappa shape index (κ2) is 5.70. The monoisotopic (exact) mass is 286 g/mol. The van der Waals surface area contributed by atoms with Crippen molar-refractivity contribution < 1.29 is 4.92 Å². The van der Waals surface area contributed by atoms with Crippen LogP contribution >= 0.6 is 0 Å². The van der Waals surface area contributed by atoms with Gasteiger partial charge in [0.15, 0.2) is 0 Å². The summed E-state index contributed by atoms with van der Waals surface area (Å²) in [6, 6.07) is 7.37. The number of fused-ring (bicyclic) bond motifs is 1. The van der Waals surface area contributed by atoms with E-state index in [0.717, 1.165) is 19.4 Å². The fourth-order valence-corrected chi connectivity index (χ4v) is 3.46. The number of anilines is 1. The van der Waals surface area contributed by atoms with E-state index in [2.05, 4.69) is 10.2 Å². The molecule has 3 rings (SSSR count). The number of nitro groups is 1. The van der Waals surface area contributed by atoms with Crippen molar-refractivity contribution in [3.63, 3.8) is 0 Å². The number of piperidine rings is 1. The molecule has 0 aromatic heterocycles. The first-order valence-electron chi connectivity index (χ1n) is 7.36. The van der Waals surface area contributed by atoms with Gasteiger partial charge < -0.3 is 10.2 Å². The lowest BCUT2D eigenvalue weighted by Crippen LogP contribution is -2.42. The van der Waals surface area contributed by atoms with Gasteiger partial charge in [-0.1, -0.05) is 0 Å². The van der Waals surface area contributed by atoms with Crippen LogP contribution in [-0.4, -0.2) is 35.0 Å². The molecule has 2 unspecified atom stereocenters. The zero-order valence-corrected chi connectivity index (χ0v) is 11.8. The van der Waals surface area contributed by atoms with Gasteiger partial charge in [0, 0.05) is 24.7 Å². The summed E-state index contributed by atoms with van der Waals surface area (Å²) >= 11 is 0. The third kappa shape index (κ3) is 2.83. The summed E-state index contributed by atoms with van der Waals surface area (Å²) in [5, 5.41) is 23.4. The van der Waals surface area contributed by atoms with Gasteiger partial charge in [0.25, 0.3) is 5.69 Å². The Balaban J connectivity index is 1.77. The van der Waals surface area contributed by atoms with Gasteiger partial charge >= 0.3 is 0 Å². The molecule has 2 saturated heterocycles. The van der Waals surface area contributed by atoms with E-state index in [9.17, 15) is 10.1 Å². The Hall–Kier alpha value is -2.13. The summed E-state index contributed by atoms with van der Waals surface area (Å²) in [5.41, 5.74) is 0.958.